The first-order valence-corrected chi connectivity index (χ1v) is 9.41. The molecule has 0 fully saturated rings. The molecule has 0 radical (unpaired) electrons. The van der Waals surface area contributed by atoms with Gasteiger partial charge in [-0.3, -0.25) is 0 Å². The van der Waals surface area contributed by atoms with Gasteiger partial charge in [0.25, 0.3) is 0 Å². The van der Waals surface area contributed by atoms with Crippen LogP contribution < -0.4 is 19.5 Å². The normalized spacial score (nSPS) is 13.0. The average Bonchev–Trinajstić information content (AvgIpc) is 2.72. The molecule has 0 unspecified atom stereocenters. The molecule has 2 aromatic rings. The van der Waals surface area contributed by atoms with Crippen LogP contribution in [-0.4, -0.2) is 44.8 Å². The Kier molecular flexibility index (Phi) is 5.97. The van der Waals surface area contributed by atoms with E-state index in [-0.39, 0.29) is 11.4 Å². The molecular weight excluding hydrogens is 356 g/mol. The maximum Gasteiger partial charge on any atom is 0.317 e. The molecule has 0 aliphatic carbocycles. The molecule has 0 aromatic heterocycles. The number of methoxy groups -OCH3 is 1. The number of urea groups is 1. The number of benzene rings is 2. The number of nitrogens with zero attached hydrogens (tertiary/aromatic N) is 1. The van der Waals surface area contributed by atoms with E-state index >= 15 is 0 Å². The molecule has 150 valence electrons. The highest BCUT2D eigenvalue weighted by molar-refractivity contribution is 5.74. The molecule has 0 atom stereocenters. The van der Waals surface area contributed by atoms with Gasteiger partial charge < -0.3 is 24.4 Å². The van der Waals surface area contributed by atoms with E-state index in [0.717, 1.165) is 28.4 Å². The van der Waals surface area contributed by atoms with Crippen molar-refractivity contribution in [2.75, 3.05) is 33.9 Å². The first-order chi connectivity index (χ1) is 13.4. The van der Waals surface area contributed by atoms with E-state index in [9.17, 15) is 4.79 Å². The van der Waals surface area contributed by atoms with Crippen LogP contribution in [0.2, 0.25) is 0 Å². The minimum Gasteiger partial charge on any atom is -0.497 e. The third-order valence-electron chi connectivity index (χ3n) is 4.93. The Morgan fingerprint density at radius 2 is 1.79 bits per heavy atom. The van der Waals surface area contributed by atoms with Crippen LogP contribution in [0.15, 0.2) is 42.5 Å². The number of carbonyl (C=O) groups excluding carboxylic acids is 1. The Morgan fingerprint density at radius 3 is 2.46 bits per heavy atom. The van der Waals surface area contributed by atoms with E-state index in [0.29, 0.717) is 26.3 Å². The van der Waals surface area contributed by atoms with E-state index in [4.69, 9.17) is 14.2 Å². The van der Waals surface area contributed by atoms with Crippen molar-refractivity contribution in [2.45, 2.75) is 25.8 Å². The molecule has 2 aromatic carbocycles. The SMILES string of the molecule is COc1ccc(CN(C)C(=O)NCC(C)(C)c2ccc3c(c2)OCCO3)cc1. The highest BCUT2D eigenvalue weighted by Crippen LogP contribution is 2.34. The molecule has 28 heavy (non-hydrogen) atoms. The summed E-state index contributed by atoms with van der Waals surface area (Å²) in [7, 11) is 3.43. The first kappa shape index (κ1) is 19.9. The lowest BCUT2D eigenvalue weighted by Crippen LogP contribution is -2.42. The second-order valence-corrected chi connectivity index (χ2v) is 7.61. The number of nitrogens with one attached hydrogen (secondary N) is 1. The van der Waals surface area contributed by atoms with Gasteiger partial charge in [-0.25, -0.2) is 4.79 Å². The molecule has 0 spiro atoms. The fraction of sp³-hybridized carbons (Fsp3) is 0.409. The summed E-state index contributed by atoms with van der Waals surface area (Å²) >= 11 is 0. The summed E-state index contributed by atoms with van der Waals surface area (Å²) in [6.45, 7) is 6.37. The Balaban J connectivity index is 1.57. The van der Waals surface area contributed by atoms with Gasteiger partial charge in [-0.15, -0.1) is 0 Å². The quantitative estimate of drug-likeness (QED) is 0.827. The van der Waals surface area contributed by atoms with Gasteiger partial charge in [0.2, 0.25) is 0 Å². The van der Waals surface area contributed by atoms with Crippen molar-refractivity contribution in [3.63, 3.8) is 0 Å². The van der Waals surface area contributed by atoms with Gasteiger partial charge >= 0.3 is 6.03 Å². The summed E-state index contributed by atoms with van der Waals surface area (Å²) in [5, 5.41) is 3.03. The predicted molar refractivity (Wildman–Crippen MR) is 108 cm³/mol. The van der Waals surface area contributed by atoms with Gasteiger partial charge in [0.05, 0.1) is 7.11 Å². The number of hydrogen-bond donors (Lipinski definition) is 1. The summed E-state index contributed by atoms with van der Waals surface area (Å²) in [5.74, 6) is 2.34. The van der Waals surface area contributed by atoms with Crippen LogP contribution >= 0.6 is 0 Å². The van der Waals surface area contributed by atoms with E-state index in [1.165, 1.54) is 0 Å². The minimum absolute atomic E-state index is 0.110. The molecule has 0 saturated carbocycles. The third kappa shape index (κ3) is 4.68. The zero-order valence-electron chi connectivity index (χ0n) is 17.0. The van der Waals surface area contributed by atoms with Gasteiger partial charge in [-0.2, -0.15) is 0 Å². The third-order valence-corrected chi connectivity index (χ3v) is 4.93. The number of hydrogen-bond acceptors (Lipinski definition) is 4. The van der Waals surface area contributed by atoms with Gasteiger partial charge in [-0.05, 0) is 35.4 Å². The molecule has 6 heteroatoms. The van der Waals surface area contributed by atoms with Crippen LogP contribution in [0.1, 0.15) is 25.0 Å². The van der Waals surface area contributed by atoms with Crippen LogP contribution in [0.3, 0.4) is 0 Å². The lowest BCUT2D eigenvalue weighted by molar-refractivity contribution is 0.171. The average molecular weight is 384 g/mol. The van der Waals surface area contributed by atoms with Crippen molar-refractivity contribution in [3.05, 3.63) is 53.6 Å². The summed E-state index contributed by atoms with van der Waals surface area (Å²) in [6.07, 6.45) is 0. The van der Waals surface area contributed by atoms with Crippen molar-refractivity contribution in [1.29, 1.82) is 0 Å². The van der Waals surface area contributed by atoms with E-state index in [2.05, 4.69) is 19.2 Å². The maximum absolute atomic E-state index is 12.5. The number of ether oxygens (including phenoxy) is 3. The van der Waals surface area contributed by atoms with Gasteiger partial charge in [0.1, 0.15) is 19.0 Å². The zero-order chi connectivity index (χ0) is 20.1. The molecule has 2 amide bonds. The number of fused-ring (bicyclic) bond motifs is 1. The lowest BCUT2D eigenvalue weighted by atomic mass is 9.84. The maximum atomic E-state index is 12.5. The Morgan fingerprint density at radius 1 is 1.11 bits per heavy atom. The Hall–Kier alpha value is -2.89. The largest absolute Gasteiger partial charge is 0.497 e. The van der Waals surface area contributed by atoms with E-state index < -0.39 is 0 Å². The molecule has 0 saturated heterocycles. The molecule has 6 nitrogen and oxygen atoms in total. The smallest absolute Gasteiger partial charge is 0.317 e. The standard InChI is InChI=1S/C22H28N2O4/c1-22(2,17-7-10-19-20(13-17)28-12-11-27-19)15-23-21(25)24(3)14-16-5-8-18(26-4)9-6-16/h5-10,13H,11-12,14-15H2,1-4H3,(H,23,25). The second kappa shape index (κ2) is 8.42. The van der Waals surface area contributed by atoms with Gasteiger partial charge in [-0.1, -0.05) is 32.0 Å². The fourth-order valence-corrected chi connectivity index (χ4v) is 3.07. The number of amides is 2. The molecule has 1 aliphatic heterocycles. The highest BCUT2D eigenvalue weighted by Gasteiger charge is 2.24. The summed E-state index contributed by atoms with van der Waals surface area (Å²) in [4.78, 5) is 14.2. The van der Waals surface area contributed by atoms with Crippen molar-refractivity contribution in [1.82, 2.24) is 10.2 Å². The van der Waals surface area contributed by atoms with Crippen molar-refractivity contribution in [2.24, 2.45) is 0 Å². The topological polar surface area (TPSA) is 60.0 Å². The van der Waals surface area contributed by atoms with Crippen LogP contribution in [0.5, 0.6) is 17.2 Å². The Labute approximate surface area is 166 Å². The second-order valence-electron chi connectivity index (χ2n) is 7.61. The number of rotatable bonds is 6. The summed E-state index contributed by atoms with van der Waals surface area (Å²) in [6, 6.07) is 13.6. The van der Waals surface area contributed by atoms with E-state index in [1.807, 2.05) is 42.5 Å². The number of carbonyl (C=O) groups is 1. The van der Waals surface area contributed by atoms with Gasteiger partial charge in [0, 0.05) is 25.6 Å². The van der Waals surface area contributed by atoms with Gasteiger partial charge in [0.15, 0.2) is 11.5 Å². The first-order valence-electron chi connectivity index (χ1n) is 9.41. The highest BCUT2D eigenvalue weighted by atomic mass is 16.6. The predicted octanol–water partition coefficient (Wildman–Crippen LogP) is 3.59. The van der Waals surface area contributed by atoms with Crippen LogP contribution in [0.25, 0.3) is 0 Å². The minimum atomic E-state index is -0.244. The van der Waals surface area contributed by atoms with Crippen LogP contribution in [0.4, 0.5) is 4.79 Å². The fourth-order valence-electron chi connectivity index (χ4n) is 3.07. The summed E-state index contributed by atoms with van der Waals surface area (Å²) in [5.41, 5.74) is 1.89. The van der Waals surface area contributed by atoms with Crippen LogP contribution in [-0.2, 0) is 12.0 Å². The monoisotopic (exact) mass is 384 g/mol. The van der Waals surface area contributed by atoms with Crippen molar-refractivity contribution < 1.29 is 19.0 Å². The van der Waals surface area contributed by atoms with Crippen molar-refractivity contribution in [3.8, 4) is 17.2 Å². The molecular formula is C22H28N2O4. The van der Waals surface area contributed by atoms with E-state index in [1.54, 1.807) is 19.1 Å². The lowest BCUT2D eigenvalue weighted by Gasteiger charge is -2.29. The van der Waals surface area contributed by atoms with Crippen molar-refractivity contribution >= 4 is 6.03 Å². The summed E-state index contributed by atoms with van der Waals surface area (Å²) < 4.78 is 16.4. The molecule has 3 rings (SSSR count). The van der Waals surface area contributed by atoms with Crippen LogP contribution in [0, 0.1) is 0 Å². The Bertz CT molecular complexity index is 818. The molecule has 1 heterocycles. The molecule has 0 bridgehead atoms. The molecule has 1 aliphatic rings. The molecule has 1 N–H and O–H groups in total. The zero-order valence-corrected chi connectivity index (χ0v) is 17.0.